The molecular weight excluding hydrogens is 229 g/mol. The Bertz CT molecular complexity index is 326. The van der Waals surface area contributed by atoms with Crippen LogP contribution >= 0.6 is 0 Å². The van der Waals surface area contributed by atoms with Crippen molar-refractivity contribution in [2.75, 3.05) is 0 Å². The van der Waals surface area contributed by atoms with Gasteiger partial charge < -0.3 is 0 Å². The topological polar surface area (TPSA) is 17.1 Å². The van der Waals surface area contributed by atoms with Gasteiger partial charge in [0, 0.05) is 24.1 Å². The maximum Gasteiger partial charge on any atom is 0.134 e. The zero-order valence-corrected chi connectivity index (χ0v) is 10.9. The number of ketones is 1. The van der Waals surface area contributed by atoms with E-state index in [4.69, 9.17) is 0 Å². The minimum atomic E-state index is -1.02. The smallest absolute Gasteiger partial charge is 0.134 e. The number of halogens is 3. The van der Waals surface area contributed by atoms with Crippen molar-refractivity contribution >= 4 is 5.78 Å². The minimum absolute atomic E-state index is 0.349. The summed E-state index contributed by atoms with van der Waals surface area (Å²) < 4.78 is 38.1. The molecule has 0 fully saturated rings. The van der Waals surface area contributed by atoms with Crippen LogP contribution in [0, 0.1) is 17.5 Å². The van der Waals surface area contributed by atoms with E-state index in [1.807, 2.05) is 27.7 Å². The molecule has 1 rings (SSSR count). The van der Waals surface area contributed by atoms with Crippen molar-refractivity contribution < 1.29 is 18.0 Å². The molecule has 0 radical (unpaired) electrons. The highest BCUT2D eigenvalue weighted by Gasteiger charge is 2.12. The standard InChI is InChI=1S/C9H7F3O.2C2H6/c1-5(13)2-7-8(11)3-6(10)4-9(7)12;2*1-2/h3-4H,2H2,1H3;2*1-2H3. The largest absolute Gasteiger partial charge is 0.300 e. The lowest BCUT2D eigenvalue weighted by Gasteiger charge is -2.01. The number of benzene rings is 1. The van der Waals surface area contributed by atoms with Gasteiger partial charge in [0.15, 0.2) is 0 Å². The maximum atomic E-state index is 12.8. The van der Waals surface area contributed by atoms with E-state index in [1.54, 1.807) is 0 Å². The lowest BCUT2D eigenvalue weighted by atomic mass is 10.1. The molecule has 0 aliphatic rings. The van der Waals surface area contributed by atoms with Crippen molar-refractivity contribution in [3.8, 4) is 0 Å². The fourth-order valence-corrected chi connectivity index (χ4v) is 0.990. The molecule has 17 heavy (non-hydrogen) atoms. The van der Waals surface area contributed by atoms with Crippen LogP contribution < -0.4 is 0 Å². The van der Waals surface area contributed by atoms with Crippen LogP contribution in [0.3, 0.4) is 0 Å². The summed E-state index contributed by atoms with van der Waals surface area (Å²) in [4.78, 5) is 10.6. The first-order valence-electron chi connectivity index (χ1n) is 5.63. The van der Waals surface area contributed by atoms with Gasteiger partial charge in [-0.05, 0) is 6.92 Å². The van der Waals surface area contributed by atoms with Crippen molar-refractivity contribution in [3.63, 3.8) is 0 Å². The average Bonchev–Trinajstić information content (AvgIpc) is 2.29. The molecule has 98 valence electrons. The van der Waals surface area contributed by atoms with E-state index in [9.17, 15) is 18.0 Å². The summed E-state index contributed by atoms with van der Waals surface area (Å²) in [6.45, 7) is 9.21. The molecule has 1 nitrogen and oxygen atoms in total. The van der Waals surface area contributed by atoms with Gasteiger partial charge in [0.05, 0.1) is 0 Å². The summed E-state index contributed by atoms with van der Waals surface area (Å²) in [6.07, 6.45) is -0.349. The summed E-state index contributed by atoms with van der Waals surface area (Å²) in [7, 11) is 0. The third-order valence-corrected chi connectivity index (χ3v) is 1.53. The fraction of sp³-hybridized carbons (Fsp3) is 0.462. The van der Waals surface area contributed by atoms with Crippen molar-refractivity contribution in [3.05, 3.63) is 35.1 Å². The molecule has 1 aromatic carbocycles. The molecule has 1 aromatic rings. The number of rotatable bonds is 2. The summed E-state index contributed by atoms with van der Waals surface area (Å²) in [5, 5.41) is 0. The highest BCUT2D eigenvalue weighted by Crippen LogP contribution is 2.15. The third-order valence-electron chi connectivity index (χ3n) is 1.53. The predicted octanol–water partition coefficient (Wildman–Crippen LogP) is 4.29. The van der Waals surface area contributed by atoms with E-state index in [1.165, 1.54) is 6.92 Å². The van der Waals surface area contributed by atoms with E-state index in [-0.39, 0.29) is 17.8 Å². The van der Waals surface area contributed by atoms with Gasteiger partial charge in [-0.25, -0.2) is 13.2 Å². The van der Waals surface area contributed by atoms with Gasteiger partial charge in [-0.3, -0.25) is 4.79 Å². The molecule has 0 aliphatic carbocycles. The van der Waals surface area contributed by atoms with E-state index in [2.05, 4.69) is 0 Å². The summed E-state index contributed by atoms with van der Waals surface area (Å²) in [6, 6.07) is 1.11. The SMILES string of the molecule is CC.CC.CC(=O)Cc1c(F)cc(F)cc1F. The molecule has 0 saturated carbocycles. The molecule has 0 bridgehead atoms. The fourth-order valence-electron chi connectivity index (χ4n) is 0.990. The molecule has 0 aromatic heterocycles. The van der Waals surface area contributed by atoms with Gasteiger partial charge in [0.25, 0.3) is 0 Å². The molecular formula is C13H19F3O. The van der Waals surface area contributed by atoms with Gasteiger partial charge in [0.1, 0.15) is 23.2 Å². The first-order valence-corrected chi connectivity index (χ1v) is 5.63. The van der Waals surface area contributed by atoms with Crippen LogP contribution in [0.4, 0.5) is 13.2 Å². The van der Waals surface area contributed by atoms with Gasteiger partial charge in [-0.15, -0.1) is 0 Å². The molecule has 4 heteroatoms. The third kappa shape index (κ3) is 6.76. The van der Waals surface area contributed by atoms with Gasteiger partial charge in [-0.1, -0.05) is 27.7 Å². The molecule has 0 amide bonds. The first kappa shape index (κ1) is 18.1. The Hall–Kier alpha value is -1.32. The quantitative estimate of drug-likeness (QED) is 0.763. The number of carbonyl (C=O) groups excluding carboxylic acids is 1. The van der Waals surface area contributed by atoms with Crippen LogP contribution in [0.15, 0.2) is 12.1 Å². The zero-order valence-electron chi connectivity index (χ0n) is 10.9. The molecule has 0 atom stereocenters. The van der Waals surface area contributed by atoms with Crippen molar-refractivity contribution in [1.82, 2.24) is 0 Å². The Morgan fingerprint density at radius 3 is 1.65 bits per heavy atom. The zero-order chi connectivity index (χ0) is 14.0. The van der Waals surface area contributed by atoms with E-state index in [0.29, 0.717) is 12.1 Å². The lowest BCUT2D eigenvalue weighted by molar-refractivity contribution is -0.116. The Balaban J connectivity index is 0. The van der Waals surface area contributed by atoms with Gasteiger partial charge >= 0.3 is 0 Å². The molecule has 0 saturated heterocycles. The van der Waals surface area contributed by atoms with E-state index in [0.717, 1.165) is 0 Å². The van der Waals surface area contributed by atoms with Crippen molar-refractivity contribution in [2.24, 2.45) is 0 Å². The summed E-state index contributed by atoms with van der Waals surface area (Å²) >= 11 is 0. The highest BCUT2D eigenvalue weighted by atomic mass is 19.1. The molecule has 0 N–H and O–H groups in total. The number of hydrogen-bond acceptors (Lipinski definition) is 1. The second-order valence-electron chi connectivity index (χ2n) is 2.73. The van der Waals surface area contributed by atoms with Crippen LogP contribution in [0.5, 0.6) is 0 Å². The molecule has 0 unspecified atom stereocenters. The molecule has 0 aliphatic heterocycles. The van der Waals surface area contributed by atoms with Crippen LogP contribution in [0.25, 0.3) is 0 Å². The molecule has 0 heterocycles. The van der Waals surface area contributed by atoms with Gasteiger partial charge in [0.2, 0.25) is 0 Å². The van der Waals surface area contributed by atoms with Crippen LogP contribution in [-0.2, 0) is 11.2 Å². The normalized spacial score (nSPS) is 8.47. The second-order valence-corrected chi connectivity index (χ2v) is 2.73. The summed E-state index contributed by atoms with van der Waals surface area (Å²) in [5.74, 6) is -3.40. The van der Waals surface area contributed by atoms with Crippen LogP contribution in [0.1, 0.15) is 40.2 Å². The number of carbonyl (C=O) groups is 1. The van der Waals surface area contributed by atoms with Gasteiger partial charge in [-0.2, -0.15) is 0 Å². The minimum Gasteiger partial charge on any atom is -0.300 e. The van der Waals surface area contributed by atoms with Crippen LogP contribution in [0.2, 0.25) is 0 Å². The van der Waals surface area contributed by atoms with Crippen molar-refractivity contribution in [1.29, 1.82) is 0 Å². The monoisotopic (exact) mass is 248 g/mol. The Labute approximate surface area is 101 Å². The highest BCUT2D eigenvalue weighted by molar-refractivity contribution is 5.78. The first-order chi connectivity index (χ1) is 8.00. The number of hydrogen-bond donors (Lipinski definition) is 0. The summed E-state index contributed by atoms with van der Waals surface area (Å²) in [5.41, 5.74) is -0.381. The average molecular weight is 248 g/mol. The van der Waals surface area contributed by atoms with E-state index >= 15 is 0 Å². The molecule has 0 spiro atoms. The maximum absolute atomic E-state index is 12.8. The second kappa shape index (κ2) is 9.87. The van der Waals surface area contributed by atoms with E-state index < -0.39 is 17.5 Å². The van der Waals surface area contributed by atoms with Crippen LogP contribution in [-0.4, -0.2) is 5.78 Å². The Morgan fingerprint density at radius 2 is 1.35 bits per heavy atom. The van der Waals surface area contributed by atoms with Crippen molar-refractivity contribution in [2.45, 2.75) is 41.0 Å². The number of Topliss-reactive ketones (excluding diaryl/α,β-unsaturated/α-hetero) is 1. The Kier molecular flexibility index (Phi) is 10.5. The Morgan fingerprint density at radius 1 is 1.00 bits per heavy atom. The lowest BCUT2D eigenvalue weighted by Crippen LogP contribution is -2.03. The predicted molar refractivity (Wildman–Crippen MR) is 63.4 cm³/mol.